The molecule has 4 nitrogen and oxygen atoms in total. The zero-order valence-electron chi connectivity index (χ0n) is 14.4. The Morgan fingerprint density at radius 1 is 1.00 bits per heavy atom. The van der Waals surface area contributed by atoms with Gasteiger partial charge in [0, 0.05) is 12.4 Å². The molecule has 0 aliphatic heterocycles. The van der Waals surface area contributed by atoms with Gasteiger partial charge in [0.25, 0.3) is 5.91 Å². The molecule has 1 heterocycles. The number of hydrazone groups is 1. The lowest BCUT2D eigenvalue weighted by atomic mass is 10.0. The van der Waals surface area contributed by atoms with Gasteiger partial charge in [-0.3, -0.25) is 4.79 Å². The summed E-state index contributed by atoms with van der Waals surface area (Å²) in [6.07, 6.45) is 5.47. The monoisotopic (exact) mass is 331 g/mol. The first-order valence-corrected chi connectivity index (χ1v) is 8.31. The van der Waals surface area contributed by atoms with E-state index in [0.717, 1.165) is 11.3 Å². The number of hydrogen-bond acceptors (Lipinski definition) is 2. The van der Waals surface area contributed by atoms with Crippen molar-refractivity contribution >= 4 is 12.1 Å². The van der Waals surface area contributed by atoms with E-state index >= 15 is 0 Å². The molecule has 0 aliphatic carbocycles. The standard InChI is InChI=1S/C21H21N3O/c1-16(2)18-11-9-17(10-12-18)15-22-23-21(25)19-7-3-4-8-20(19)24-13-5-6-14-24/h3-16H,1-2H3,(H,23,25)/b22-15-. The van der Waals surface area contributed by atoms with Crippen molar-refractivity contribution < 1.29 is 4.79 Å². The van der Waals surface area contributed by atoms with Gasteiger partial charge in [-0.25, -0.2) is 5.43 Å². The van der Waals surface area contributed by atoms with E-state index < -0.39 is 0 Å². The molecule has 0 fully saturated rings. The summed E-state index contributed by atoms with van der Waals surface area (Å²) in [6.45, 7) is 4.32. The van der Waals surface area contributed by atoms with Crippen molar-refractivity contribution in [2.75, 3.05) is 0 Å². The molecule has 0 bridgehead atoms. The maximum Gasteiger partial charge on any atom is 0.273 e. The number of carbonyl (C=O) groups excluding carboxylic acids is 1. The van der Waals surface area contributed by atoms with Gasteiger partial charge in [0.05, 0.1) is 17.5 Å². The minimum Gasteiger partial charge on any atom is -0.323 e. The minimum atomic E-state index is -0.237. The lowest BCUT2D eigenvalue weighted by molar-refractivity contribution is 0.0955. The minimum absolute atomic E-state index is 0.237. The van der Waals surface area contributed by atoms with Crippen molar-refractivity contribution in [3.63, 3.8) is 0 Å². The van der Waals surface area contributed by atoms with Gasteiger partial charge < -0.3 is 4.57 Å². The van der Waals surface area contributed by atoms with Crippen LogP contribution in [0.4, 0.5) is 0 Å². The topological polar surface area (TPSA) is 46.4 Å². The second kappa shape index (κ2) is 7.62. The second-order valence-corrected chi connectivity index (χ2v) is 6.13. The van der Waals surface area contributed by atoms with Crippen LogP contribution in [0.1, 0.15) is 41.3 Å². The molecule has 0 unspecified atom stereocenters. The van der Waals surface area contributed by atoms with Crippen LogP contribution in [0.25, 0.3) is 5.69 Å². The first-order valence-electron chi connectivity index (χ1n) is 8.31. The largest absolute Gasteiger partial charge is 0.323 e. The van der Waals surface area contributed by atoms with E-state index in [-0.39, 0.29) is 5.91 Å². The van der Waals surface area contributed by atoms with Crippen molar-refractivity contribution in [3.05, 3.63) is 89.7 Å². The fourth-order valence-corrected chi connectivity index (χ4v) is 2.58. The molecule has 4 heteroatoms. The van der Waals surface area contributed by atoms with Crippen molar-refractivity contribution in [2.24, 2.45) is 5.10 Å². The van der Waals surface area contributed by atoms with Crippen LogP contribution < -0.4 is 5.43 Å². The fourth-order valence-electron chi connectivity index (χ4n) is 2.58. The third kappa shape index (κ3) is 4.04. The molecule has 0 saturated heterocycles. The third-order valence-corrected chi connectivity index (χ3v) is 4.01. The van der Waals surface area contributed by atoms with Crippen molar-refractivity contribution in [2.45, 2.75) is 19.8 Å². The van der Waals surface area contributed by atoms with E-state index in [2.05, 4.69) is 36.5 Å². The smallest absolute Gasteiger partial charge is 0.273 e. The van der Waals surface area contributed by atoms with E-state index in [4.69, 9.17) is 0 Å². The Bertz CT molecular complexity index is 862. The number of rotatable bonds is 5. The SMILES string of the molecule is CC(C)c1ccc(/C=N\NC(=O)c2ccccc2-n2cccc2)cc1. The van der Waals surface area contributed by atoms with Crippen LogP contribution in [0.15, 0.2) is 78.2 Å². The maximum absolute atomic E-state index is 12.5. The number of carbonyl (C=O) groups is 1. The summed E-state index contributed by atoms with van der Waals surface area (Å²) in [4.78, 5) is 12.5. The van der Waals surface area contributed by atoms with Crippen LogP contribution >= 0.6 is 0 Å². The molecule has 0 aliphatic rings. The van der Waals surface area contributed by atoms with Crippen LogP contribution in [0.2, 0.25) is 0 Å². The number of aromatic nitrogens is 1. The Balaban J connectivity index is 1.71. The van der Waals surface area contributed by atoms with Crippen molar-refractivity contribution in [3.8, 4) is 5.69 Å². The van der Waals surface area contributed by atoms with E-state index in [1.54, 1.807) is 12.3 Å². The van der Waals surface area contributed by atoms with E-state index in [9.17, 15) is 4.79 Å². The molecular weight excluding hydrogens is 310 g/mol. The van der Waals surface area contributed by atoms with Crippen LogP contribution in [-0.4, -0.2) is 16.7 Å². The van der Waals surface area contributed by atoms with Crippen LogP contribution in [0, 0.1) is 0 Å². The highest BCUT2D eigenvalue weighted by Crippen LogP contribution is 2.15. The van der Waals surface area contributed by atoms with Crippen molar-refractivity contribution in [1.29, 1.82) is 0 Å². The zero-order valence-corrected chi connectivity index (χ0v) is 14.4. The van der Waals surface area contributed by atoms with Gasteiger partial charge in [0.2, 0.25) is 0 Å². The molecule has 1 amide bonds. The maximum atomic E-state index is 12.5. The van der Waals surface area contributed by atoms with Crippen LogP contribution in [0.5, 0.6) is 0 Å². The molecule has 1 aromatic heterocycles. The molecule has 0 spiro atoms. The predicted molar refractivity (Wildman–Crippen MR) is 101 cm³/mol. The average Bonchev–Trinajstić information content (AvgIpc) is 3.16. The molecule has 2 aromatic carbocycles. The van der Waals surface area contributed by atoms with Gasteiger partial charge in [0.15, 0.2) is 0 Å². The molecule has 3 rings (SSSR count). The lowest BCUT2D eigenvalue weighted by Crippen LogP contribution is -2.19. The number of benzene rings is 2. The van der Waals surface area contributed by atoms with Gasteiger partial charge in [-0.05, 0) is 41.3 Å². The Kier molecular flexibility index (Phi) is 5.09. The zero-order chi connectivity index (χ0) is 17.6. The molecular formula is C21H21N3O. The van der Waals surface area contributed by atoms with Gasteiger partial charge in [-0.15, -0.1) is 0 Å². The van der Waals surface area contributed by atoms with E-state index in [1.807, 2.05) is 59.4 Å². The quantitative estimate of drug-likeness (QED) is 0.548. The molecule has 126 valence electrons. The first kappa shape index (κ1) is 16.7. The van der Waals surface area contributed by atoms with Gasteiger partial charge in [-0.2, -0.15) is 5.10 Å². The lowest BCUT2D eigenvalue weighted by Gasteiger charge is -2.09. The molecule has 0 saturated carbocycles. The predicted octanol–water partition coefficient (Wildman–Crippen LogP) is 4.36. The summed E-state index contributed by atoms with van der Waals surface area (Å²) >= 11 is 0. The Hall–Kier alpha value is -3.14. The number of nitrogens with one attached hydrogen (secondary N) is 1. The van der Waals surface area contributed by atoms with Gasteiger partial charge >= 0.3 is 0 Å². The summed E-state index contributed by atoms with van der Waals surface area (Å²) in [6, 6.07) is 19.5. The number of hydrogen-bond donors (Lipinski definition) is 1. The number of para-hydroxylation sites is 1. The summed E-state index contributed by atoms with van der Waals surface area (Å²) in [5.74, 6) is 0.259. The summed E-state index contributed by atoms with van der Waals surface area (Å²) in [7, 11) is 0. The fraction of sp³-hybridized carbons (Fsp3) is 0.143. The van der Waals surface area contributed by atoms with Gasteiger partial charge in [0.1, 0.15) is 0 Å². The summed E-state index contributed by atoms with van der Waals surface area (Å²) in [5, 5.41) is 4.08. The molecule has 1 N–H and O–H groups in total. The highest BCUT2D eigenvalue weighted by Gasteiger charge is 2.10. The van der Waals surface area contributed by atoms with E-state index in [0.29, 0.717) is 11.5 Å². The van der Waals surface area contributed by atoms with Gasteiger partial charge in [-0.1, -0.05) is 50.2 Å². The highest BCUT2D eigenvalue weighted by molar-refractivity contribution is 5.98. The van der Waals surface area contributed by atoms with E-state index in [1.165, 1.54) is 5.56 Å². The number of amides is 1. The molecule has 0 atom stereocenters. The molecule has 3 aromatic rings. The summed E-state index contributed by atoms with van der Waals surface area (Å²) < 4.78 is 1.91. The highest BCUT2D eigenvalue weighted by atomic mass is 16.2. The molecule has 0 radical (unpaired) electrons. The normalized spacial score (nSPS) is 11.2. The third-order valence-electron chi connectivity index (χ3n) is 4.01. The Morgan fingerprint density at radius 2 is 1.68 bits per heavy atom. The Labute approximate surface area is 147 Å². The average molecular weight is 331 g/mol. The second-order valence-electron chi connectivity index (χ2n) is 6.13. The number of nitrogens with zero attached hydrogens (tertiary/aromatic N) is 2. The van der Waals surface area contributed by atoms with Crippen LogP contribution in [0.3, 0.4) is 0 Å². The Morgan fingerprint density at radius 3 is 2.36 bits per heavy atom. The molecule has 25 heavy (non-hydrogen) atoms. The van der Waals surface area contributed by atoms with Crippen molar-refractivity contribution in [1.82, 2.24) is 9.99 Å². The first-order chi connectivity index (χ1) is 12.1. The summed E-state index contributed by atoms with van der Waals surface area (Å²) in [5.41, 5.74) is 6.23. The van der Waals surface area contributed by atoms with Crippen LogP contribution in [-0.2, 0) is 0 Å².